The first-order valence-corrected chi connectivity index (χ1v) is 9.65. The first-order valence-electron chi connectivity index (χ1n) is 8.29. The normalized spacial score (nSPS) is 21.1. The van der Waals surface area contributed by atoms with Gasteiger partial charge in [0.25, 0.3) is 0 Å². The fraction of sp³-hybridized carbons (Fsp3) is 0.562. The van der Waals surface area contributed by atoms with Crippen LogP contribution in [-0.2, 0) is 11.0 Å². The van der Waals surface area contributed by atoms with Gasteiger partial charge in [0.05, 0.1) is 16.3 Å². The molecule has 5 nitrogen and oxygen atoms in total. The van der Waals surface area contributed by atoms with E-state index in [1.807, 2.05) is 0 Å². The molecule has 0 unspecified atom stereocenters. The number of hydrogen-bond donors (Lipinski definition) is 1. The van der Waals surface area contributed by atoms with Gasteiger partial charge in [-0.05, 0) is 24.8 Å². The minimum Gasteiger partial charge on any atom is -0.352 e. The summed E-state index contributed by atoms with van der Waals surface area (Å²) in [6.07, 6.45) is 0.678. The van der Waals surface area contributed by atoms with E-state index in [9.17, 15) is 18.0 Å². The third-order valence-corrected chi connectivity index (χ3v) is 5.77. The van der Waals surface area contributed by atoms with Crippen molar-refractivity contribution in [2.24, 2.45) is 5.92 Å². The van der Waals surface area contributed by atoms with E-state index in [0.29, 0.717) is 5.92 Å². The van der Waals surface area contributed by atoms with Gasteiger partial charge in [0, 0.05) is 12.2 Å². The Kier molecular flexibility index (Phi) is 5.67. The molecular weight excluding hydrogens is 389 g/mol. The van der Waals surface area contributed by atoms with Crippen LogP contribution in [0.2, 0.25) is 5.02 Å². The smallest absolute Gasteiger partial charge is 0.352 e. The Hall–Kier alpha value is -1.48. The van der Waals surface area contributed by atoms with Crippen LogP contribution in [0.25, 0.3) is 5.65 Å². The Bertz CT molecular complexity index is 811. The van der Waals surface area contributed by atoms with Crippen molar-refractivity contribution in [2.75, 3.05) is 5.75 Å². The SMILES string of the molecule is C[C@H]1CCCC[C@@H]1NC(=O)CSc1nnc2c(Cl)cc(C(F)(F)F)cn12. The molecule has 26 heavy (non-hydrogen) atoms. The molecule has 2 aromatic heterocycles. The second kappa shape index (κ2) is 7.64. The molecule has 0 radical (unpaired) electrons. The van der Waals surface area contributed by atoms with E-state index in [2.05, 4.69) is 22.4 Å². The zero-order chi connectivity index (χ0) is 18.9. The zero-order valence-electron chi connectivity index (χ0n) is 14.0. The zero-order valence-corrected chi connectivity index (χ0v) is 15.6. The average molecular weight is 407 g/mol. The van der Waals surface area contributed by atoms with Crippen LogP contribution >= 0.6 is 23.4 Å². The summed E-state index contributed by atoms with van der Waals surface area (Å²) < 4.78 is 40.1. The highest BCUT2D eigenvalue weighted by Crippen LogP contribution is 2.33. The number of carbonyl (C=O) groups is 1. The molecule has 2 heterocycles. The van der Waals surface area contributed by atoms with Crippen molar-refractivity contribution >= 4 is 34.9 Å². The van der Waals surface area contributed by atoms with Crippen LogP contribution in [0.5, 0.6) is 0 Å². The summed E-state index contributed by atoms with van der Waals surface area (Å²) in [6.45, 7) is 2.12. The summed E-state index contributed by atoms with van der Waals surface area (Å²) >= 11 is 6.91. The summed E-state index contributed by atoms with van der Waals surface area (Å²) in [4.78, 5) is 12.2. The van der Waals surface area contributed by atoms with Gasteiger partial charge < -0.3 is 5.32 Å². The maximum Gasteiger partial charge on any atom is 0.417 e. The number of alkyl halides is 3. The highest BCUT2D eigenvalue weighted by Gasteiger charge is 2.32. The van der Waals surface area contributed by atoms with Gasteiger partial charge in [-0.15, -0.1) is 10.2 Å². The van der Waals surface area contributed by atoms with Crippen LogP contribution < -0.4 is 5.32 Å². The summed E-state index contributed by atoms with van der Waals surface area (Å²) in [5.41, 5.74) is -0.763. The van der Waals surface area contributed by atoms with Crippen LogP contribution in [0.1, 0.15) is 38.2 Å². The largest absolute Gasteiger partial charge is 0.417 e. The predicted molar refractivity (Wildman–Crippen MR) is 93.3 cm³/mol. The van der Waals surface area contributed by atoms with E-state index in [1.54, 1.807) is 0 Å². The molecule has 0 aromatic carbocycles. The molecular formula is C16H18ClF3N4OS. The molecule has 1 aliphatic rings. The van der Waals surface area contributed by atoms with E-state index < -0.39 is 11.7 Å². The monoisotopic (exact) mass is 406 g/mol. The number of nitrogens with zero attached hydrogens (tertiary/aromatic N) is 3. The number of halogens is 4. The van der Waals surface area contributed by atoms with Gasteiger partial charge >= 0.3 is 6.18 Å². The van der Waals surface area contributed by atoms with Gasteiger partial charge in [0.1, 0.15) is 0 Å². The maximum atomic E-state index is 13.0. The Morgan fingerprint density at radius 3 is 2.81 bits per heavy atom. The van der Waals surface area contributed by atoms with Crippen LogP contribution in [-0.4, -0.2) is 32.3 Å². The lowest BCUT2D eigenvalue weighted by atomic mass is 9.86. The number of nitrogens with one attached hydrogen (secondary N) is 1. The van der Waals surface area contributed by atoms with Gasteiger partial charge in [-0.3, -0.25) is 9.20 Å². The summed E-state index contributed by atoms with van der Waals surface area (Å²) in [5, 5.41) is 10.7. The Balaban J connectivity index is 1.70. The molecule has 142 valence electrons. The van der Waals surface area contributed by atoms with Gasteiger partial charge in [-0.25, -0.2) is 0 Å². The van der Waals surface area contributed by atoms with Crippen molar-refractivity contribution in [3.8, 4) is 0 Å². The van der Waals surface area contributed by atoms with Crippen molar-refractivity contribution in [2.45, 2.75) is 50.0 Å². The second-order valence-corrected chi connectivity index (χ2v) is 7.82. The number of fused-ring (bicyclic) bond motifs is 1. The Labute approximate surface area is 157 Å². The molecule has 0 saturated heterocycles. The topological polar surface area (TPSA) is 59.3 Å². The van der Waals surface area contributed by atoms with E-state index >= 15 is 0 Å². The molecule has 1 N–H and O–H groups in total. The van der Waals surface area contributed by atoms with E-state index in [1.165, 1.54) is 10.8 Å². The standard InChI is InChI=1S/C16H18ClF3N4OS/c1-9-4-2-3-5-12(9)21-13(25)8-26-15-23-22-14-11(17)6-10(7-24(14)15)16(18,19)20/h6-7,9,12H,2-5,8H2,1H3,(H,21,25)/t9-,12-/m0/s1. The molecule has 0 aliphatic heterocycles. The molecule has 0 bridgehead atoms. The quantitative estimate of drug-likeness (QED) is 0.773. The average Bonchev–Trinajstić information content (AvgIpc) is 2.98. The molecule has 1 fully saturated rings. The number of pyridine rings is 1. The summed E-state index contributed by atoms with van der Waals surface area (Å²) in [6, 6.07) is 0.968. The van der Waals surface area contributed by atoms with Gasteiger partial charge in [0.15, 0.2) is 10.8 Å². The maximum absolute atomic E-state index is 13.0. The van der Waals surface area contributed by atoms with Crippen molar-refractivity contribution in [3.05, 3.63) is 22.8 Å². The highest BCUT2D eigenvalue weighted by atomic mass is 35.5. The third kappa shape index (κ3) is 4.25. The molecule has 1 aliphatic carbocycles. The van der Waals surface area contributed by atoms with E-state index in [0.717, 1.165) is 43.3 Å². The van der Waals surface area contributed by atoms with Crippen LogP contribution in [0, 0.1) is 5.92 Å². The fourth-order valence-corrected chi connectivity index (χ4v) is 4.06. The predicted octanol–water partition coefficient (Wildman–Crippen LogP) is 4.19. The number of rotatable bonds is 4. The Morgan fingerprint density at radius 2 is 2.12 bits per heavy atom. The molecule has 2 atom stereocenters. The van der Waals surface area contributed by atoms with Crippen molar-refractivity contribution in [1.82, 2.24) is 19.9 Å². The number of hydrogen-bond acceptors (Lipinski definition) is 4. The molecule has 0 spiro atoms. The van der Waals surface area contributed by atoms with Crippen molar-refractivity contribution in [1.29, 1.82) is 0 Å². The Morgan fingerprint density at radius 1 is 1.38 bits per heavy atom. The number of carbonyl (C=O) groups excluding carboxylic acids is 1. The van der Waals surface area contributed by atoms with Crippen molar-refractivity contribution in [3.63, 3.8) is 0 Å². The lowest BCUT2D eigenvalue weighted by molar-refractivity contribution is -0.137. The molecule has 10 heteroatoms. The van der Waals surface area contributed by atoms with E-state index in [4.69, 9.17) is 11.6 Å². The molecule has 1 saturated carbocycles. The highest BCUT2D eigenvalue weighted by molar-refractivity contribution is 7.99. The lowest BCUT2D eigenvalue weighted by Crippen LogP contribution is -2.41. The summed E-state index contributed by atoms with van der Waals surface area (Å²) in [7, 11) is 0. The van der Waals surface area contributed by atoms with Gasteiger partial charge in [-0.2, -0.15) is 13.2 Å². The van der Waals surface area contributed by atoms with Crippen molar-refractivity contribution < 1.29 is 18.0 Å². The third-order valence-electron chi connectivity index (χ3n) is 4.55. The second-order valence-electron chi connectivity index (χ2n) is 6.48. The van der Waals surface area contributed by atoms with Gasteiger partial charge in [0.2, 0.25) is 5.91 Å². The van der Waals surface area contributed by atoms with Crippen LogP contribution in [0.3, 0.4) is 0 Å². The van der Waals surface area contributed by atoms with Crippen LogP contribution in [0.4, 0.5) is 13.2 Å². The summed E-state index contributed by atoms with van der Waals surface area (Å²) in [5.74, 6) is 0.320. The minimum atomic E-state index is -4.53. The molecule has 3 rings (SSSR count). The van der Waals surface area contributed by atoms with Gasteiger partial charge in [-0.1, -0.05) is 43.1 Å². The molecule has 2 aromatic rings. The first kappa shape index (κ1) is 19.3. The first-order chi connectivity index (χ1) is 12.3. The van der Waals surface area contributed by atoms with E-state index in [-0.39, 0.29) is 33.5 Å². The lowest BCUT2D eigenvalue weighted by Gasteiger charge is -2.29. The molecule has 1 amide bonds. The number of aromatic nitrogens is 3. The minimum absolute atomic E-state index is 0.0535. The fourth-order valence-electron chi connectivity index (χ4n) is 3.10. The number of thioether (sulfide) groups is 1. The van der Waals surface area contributed by atoms with Crippen LogP contribution in [0.15, 0.2) is 17.4 Å². The number of amides is 1.